The maximum Gasteiger partial charge on any atom is 0.236 e. The average Bonchev–Trinajstić information content (AvgIpc) is 2.80. The lowest BCUT2D eigenvalue weighted by Gasteiger charge is -2.43. The standard InChI is InChI=1S/C24H37N5O2/c1-26-11-5-8-22(18-26)28-16-14-27(15-17-28)19-23(30)29-12-9-20(10-13-29)24(31)25-21-6-3-2-4-7-21/h2-4,6-7,20,22H,5,8-19H2,1H3,(H,25,31). The topological polar surface area (TPSA) is 59.1 Å². The zero-order valence-electron chi connectivity index (χ0n) is 18.8. The Labute approximate surface area is 186 Å². The molecular formula is C24H37N5O2. The second kappa shape index (κ2) is 10.6. The number of hydrogen-bond donors (Lipinski definition) is 1. The van der Waals surface area contributed by atoms with Crippen LogP contribution in [-0.4, -0.2) is 103 Å². The van der Waals surface area contributed by atoms with Crippen molar-refractivity contribution in [2.24, 2.45) is 5.92 Å². The molecule has 3 saturated heterocycles. The Morgan fingerprint density at radius 1 is 0.935 bits per heavy atom. The maximum absolute atomic E-state index is 12.8. The first-order valence-electron chi connectivity index (χ1n) is 11.9. The number of rotatable bonds is 5. The first-order chi connectivity index (χ1) is 15.1. The Bertz CT molecular complexity index is 727. The Balaban J connectivity index is 1.16. The molecule has 3 aliphatic rings. The van der Waals surface area contributed by atoms with E-state index in [0.717, 1.165) is 44.7 Å². The van der Waals surface area contributed by atoms with E-state index in [1.807, 2.05) is 35.2 Å². The number of amides is 2. The van der Waals surface area contributed by atoms with Gasteiger partial charge in [0.25, 0.3) is 0 Å². The third kappa shape index (κ3) is 6.05. The number of likely N-dealkylation sites (tertiary alicyclic amines) is 2. The zero-order valence-corrected chi connectivity index (χ0v) is 18.8. The van der Waals surface area contributed by atoms with Crippen molar-refractivity contribution in [1.29, 1.82) is 0 Å². The van der Waals surface area contributed by atoms with Gasteiger partial charge in [-0.05, 0) is 51.4 Å². The van der Waals surface area contributed by atoms with E-state index >= 15 is 0 Å². The summed E-state index contributed by atoms with van der Waals surface area (Å²) >= 11 is 0. The van der Waals surface area contributed by atoms with E-state index in [-0.39, 0.29) is 17.7 Å². The number of para-hydroxylation sites is 1. The molecule has 7 heteroatoms. The number of hydrogen-bond acceptors (Lipinski definition) is 5. The number of benzene rings is 1. The van der Waals surface area contributed by atoms with Crippen molar-refractivity contribution in [1.82, 2.24) is 19.6 Å². The molecule has 0 bridgehead atoms. The van der Waals surface area contributed by atoms with Gasteiger partial charge in [-0.25, -0.2) is 0 Å². The van der Waals surface area contributed by atoms with Crippen LogP contribution < -0.4 is 5.32 Å². The summed E-state index contributed by atoms with van der Waals surface area (Å²) in [5.74, 6) is 0.275. The minimum absolute atomic E-state index is 0.0126. The van der Waals surface area contributed by atoms with Crippen LogP contribution in [-0.2, 0) is 9.59 Å². The van der Waals surface area contributed by atoms with Gasteiger partial charge in [0.2, 0.25) is 11.8 Å². The Hall–Kier alpha value is -1.96. The highest BCUT2D eigenvalue weighted by Gasteiger charge is 2.30. The third-order valence-electron chi connectivity index (χ3n) is 7.14. The molecule has 3 aliphatic heterocycles. The van der Waals surface area contributed by atoms with E-state index < -0.39 is 0 Å². The van der Waals surface area contributed by atoms with Gasteiger partial charge in [0, 0.05) is 63.5 Å². The zero-order chi connectivity index (χ0) is 21.6. The van der Waals surface area contributed by atoms with Crippen molar-refractivity contribution in [3.05, 3.63) is 30.3 Å². The van der Waals surface area contributed by atoms with E-state index in [1.54, 1.807) is 0 Å². The van der Waals surface area contributed by atoms with Crippen molar-refractivity contribution in [3.63, 3.8) is 0 Å². The van der Waals surface area contributed by atoms with Gasteiger partial charge in [0.1, 0.15) is 0 Å². The Morgan fingerprint density at radius 2 is 1.65 bits per heavy atom. The highest BCUT2D eigenvalue weighted by atomic mass is 16.2. The van der Waals surface area contributed by atoms with Crippen LogP contribution in [0.3, 0.4) is 0 Å². The molecule has 4 rings (SSSR count). The molecule has 3 heterocycles. The molecule has 1 N–H and O–H groups in total. The van der Waals surface area contributed by atoms with Crippen LogP contribution in [0.2, 0.25) is 0 Å². The summed E-state index contributed by atoms with van der Waals surface area (Å²) in [6.07, 6.45) is 4.08. The Kier molecular flexibility index (Phi) is 7.58. The SMILES string of the molecule is CN1CCCC(N2CCN(CC(=O)N3CCC(C(=O)Nc4ccccc4)CC3)CC2)C1. The summed E-state index contributed by atoms with van der Waals surface area (Å²) in [6, 6.07) is 10.3. The average molecular weight is 428 g/mol. The van der Waals surface area contributed by atoms with Gasteiger partial charge < -0.3 is 15.1 Å². The normalized spacial score (nSPS) is 24.8. The van der Waals surface area contributed by atoms with Gasteiger partial charge in [-0.3, -0.25) is 19.4 Å². The number of likely N-dealkylation sites (N-methyl/N-ethyl adjacent to an activating group) is 1. The number of carbonyl (C=O) groups excluding carboxylic acids is 2. The molecule has 0 aliphatic carbocycles. The second-order valence-corrected chi connectivity index (χ2v) is 9.38. The van der Waals surface area contributed by atoms with Crippen molar-refractivity contribution < 1.29 is 9.59 Å². The molecule has 0 spiro atoms. The molecule has 1 unspecified atom stereocenters. The smallest absolute Gasteiger partial charge is 0.236 e. The summed E-state index contributed by atoms with van der Waals surface area (Å²) in [4.78, 5) is 34.7. The predicted molar refractivity (Wildman–Crippen MR) is 123 cm³/mol. The van der Waals surface area contributed by atoms with Crippen LogP contribution in [0.4, 0.5) is 5.69 Å². The molecule has 0 aromatic heterocycles. The lowest BCUT2D eigenvalue weighted by Crippen LogP contribution is -2.56. The number of nitrogens with one attached hydrogen (secondary N) is 1. The van der Waals surface area contributed by atoms with E-state index in [9.17, 15) is 9.59 Å². The number of piperidine rings is 2. The molecule has 2 amide bonds. The highest BCUT2D eigenvalue weighted by Crippen LogP contribution is 2.20. The molecule has 1 aromatic rings. The van der Waals surface area contributed by atoms with Crippen molar-refractivity contribution in [3.8, 4) is 0 Å². The summed E-state index contributed by atoms with van der Waals surface area (Å²) in [5, 5.41) is 3.00. The highest BCUT2D eigenvalue weighted by molar-refractivity contribution is 5.92. The third-order valence-corrected chi connectivity index (χ3v) is 7.14. The van der Waals surface area contributed by atoms with Gasteiger partial charge >= 0.3 is 0 Å². The number of piperazine rings is 1. The summed E-state index contributed by atoms with van der Waals surface area (Å²) < 4.78 is 0. The molecule has 0 saturated carbocycles. The van der Waals surface area contributed by atoms with Crippen LogP contribution in [0.5, 0.6) is 0 Å². The minimum atomic E-state index is -0.0126. The monoisotopic (exact) mass is 427 g/mol. The Morgan fingerprint density at radius 3 is 2.32 bits per heavy atom. The van der Waals surface area contributed by atoms with Crippen molar-refractivity contribution in [2.75, 3.05) is 71.3 Å². The molecular weight excluding hydrogens is 390 g/mol. The number of carbonyl (C=O) groups is 2. The lowest BCUT2D eigenvalue weighted by atomic mass is 9.95. The number of nitrogens with zero attached hydrogens (tertiary/aromatic N) is 4. The summed E-state index contributed by atoms with van der Waals surface area (Å²) in [5.41, 5.74) is 0.838. The van der Waals surface area contributed by atoms with Gasteiger partial charge in [0.05, 0.1) is 6.54 Å². The van der Waals surface area contributed by atoms with Crippen LogP contribution in [0, 0.1) is 5.92 Å². The minimum Gasteiger partial charge on any atom is -0.342 e. The van der Waals surface area contributed by atoms with E-state index in [4.69, 9.17) is 0 Å². The summed E-state index contributed by atoms with van der Waals surface area (Å²) in [6.45, 7) is 8.34. The molecule has 31 heavy (non-hydrogen) atoms. The maximum atomic E-state index is 12.8. The molecule has 170 valence electrons. The van der Waals surface area contributed by atoms with Crippen LogP contribution in [0.1, 0.15) is 25.7 Å². The fraction of sp³-hybridized carbons (Fsp3) is 0.667. The van der Waals surface area contributed by atoms with E-state index in [1.165, 1.54) is 25.9 Å². The van der Waals surface area contributed by atoms with Crippen molar-refractivity contribution in [2.45, 2.75) is 31.7 Å². The molecule has 0 radical (unpaired) electrons. The van der Waals surface area contributed by atoms with Crippen LogP contribution in [0.25, 0.3) is 0 Å². The van der Waals surface area contributed by atoms with Crippen molar-refractivity contribution >= 4 is 17.5 Å². The first-order valence-corrected chi connectivity index (χ1v) is 11.9. The summed E-state index contributed by atoms with van der Waals surface area (Å²) in [7, 11) is 2.22. The largest absolute Gasteiger partial charge is 0.342 e. The number of anilines is 1. The predicted octanol–water partition coefficient (Wildman–Crippen LogP) is 1.58. The van der Waals surface area contributed by atoms with Gasteiger partial charge in [0.15, 0.2) is 0 Å². The van der Waals surface area contributed by atoms with Gasteiger partial charge in [-0.2, -0.15) is 0 Å². The fourth-order valence-corrected chi connectivity index (χ4v) is 5.17. The molecule has 7 nitrogen and oxygen atoms in total. The van der Waals surface area contributed by atoms with Gasteiger partial charge in [-0.1, -0.05) is 18.2 Å². The van der Waals surface area contributed by atoms with Crippen LogP contribution >= 0.6 is 0 Å². The van der Waals surface area contributed by atoms with Gasteiger partial charge in [-0.15, -0.1) is 0 Å². The van der Waals surface area contributed by atoms with E-state index in [2.05, 4.69) is 27.1 Å². The van der Waals surface area contributed by atoms with Crippen LogP contribution in [0.15, 0.2) is 30.3 Å². The van der Waals surface area contributed by atoms with E-state index in [0.29, 0.717) is 25.7 Å². The quantitative estimate of drug-likeness (QED) is 0.773. The fourth-order valence-electron chi connectivity index (χ4n) is 5.17. The first kappa shape index (κ1) is 22.2. The second-order valence-electron chi connectivity index (χ2n) is 9.38. The molecule has 1 aromatic carbocycles. The lowest BCUT2D eigenvalue weighted by molar-refractivity contribution is -0.136. The molecule has 3 fully saturated rings. The molecule has 1 atom stereocenters.